The van der Waals surface area contributed by atoms with E-state index in [4.69, 9.17) is 11.2 Å². The molecule has 0 spiro atoms. The van der Waals surface area contributed by atoms with Gasteiger partial charge in [0.15, 0.2) is 5.78 Å². The first-order valence-electron chi connectivity index (χ1n) is 8.35. The van der Waals surface area contributed by atoms with Gasteiger partial charge in [-0.3, -0.25) is 24.1 Å². The van der Waals surface area contributed by atoms with Crippen LogP contribution >= 0.6 is 0 Å². The average Bonchev–Trinajstić information content (AvgIpc) is 2.87. The first kappa shape index (κ1) is 17.8. The second kappa shape index (κ2) is 7.50. The lowest BCUT2D eigenvalue weighted by Crippen LogP contribution is -2.47. The lowest BCUT2D eigenvalue weighted by Gasteiger charge is -2.27. The Morgan fingerprint density at radius 3 is 2.77 bits per heavy atom. The van der Waals surface area contributed by atoms with Gasteiger partial charge in [-0.05, 0) is 18.6 Å². The number of fused-ring (bicyclic) bond motifs is 1. The fourth-order valence-electron chi connectivity index (χ4n) is 3.26. The van der Waals surface area contributed by atoms with E-state index in [2.05, 4.69) is 11.2 Å². The highest BCUT2D eigenvalue weighted by atomic mass is 16.5. The molecule has 1 aliphatic carbocycles. The Morgan fingerprint density at radius 2 is 2.04 bits per heavy atom. The molecule has 2 aliphatic rings. The first-order valence-corrected chi connectivity index (χ1v) is 8.35. The number of hydrogen-bond acceptors (Lipinski definition) is 6. The standard InChI is InChI=1S/C19H18N2O5/c1-2-9-26-10-8-20-14-5-3-4-13-17(14)19(25)21(18(13)24)15-7-6-12(22)11-16(15)23/h1,3-5,15,20H,6-11H2. The fraction of sp³-hybridized carbons (Fsp3) is 0.368. The third kappa shape index (κ3) is 3.24. The second-order valence-electron chi connectivity index (χ2n) is 6.13. The number of Topliss-reactive ketones (excluding diaryl/α,β-unsaturated/α-hetero) is 2. The van der Waals surface area contributed by atoms with Crippen molar-refractivity contribution in [3.8, 4) is 12.3 Å². The van der Waals surface area contributed by atoms with Crippen LogP contribution in [0.5, 0.6) is 0 Å². The Morgan fingerprint density at radius 1 is 1.23 bits per heavy atom. The molecule has 1 aromatic rings. The summed E-state index contributed by atoms with van der Waals surface area (Å²) in [7, 11) is 0. The molecule has 1 atom stereocenters. The molecule has 1 N–H and O–H groups in total. The number of anilines is 1. The largest absolute Gasteiger partial charge is 0.382 e. The van der Waals surface area contributed by atoms with Gasteiger partial charge in [0.1, 0.15) is 12.4 Å². The number of benzene rings is 1. The van der Waals surface area contributed by atoms with Gasteiger partial charge < -0.3 is 10.1 Å². The van der Waals surface area contributed by atoms with E-state index in [0.717, 1.165) is 4.90 Å². The molecular weight excluding hydrogens is 336 g/mol. The summed E-state index contributed by atoms with van der Waals surface area (Å²) in [5, 5.41) is 3.06. The zero-order valence-electron chi connectivity index (χ0n) is 14.1. The van der Waals surface area contributed by atoms with Gasteiger partial charge >= 0.3 is 0 Å². The smallest absolute Gasteiger partial charge is 0.264 e. The monoisotopic (exact) mass is 354 g/mol. The number of terminal acetylenes is 1. The SMILES string of the molecule is C#CCOCCNc1cccc2c1C(=O)N(C1CCC(=O)CC1=O)C2=O. The summed E-state index contributed by atoms with van der Waals surface area (Å²) in [5.41, 5.74) is 1.01. The maximum absolute atomic E-state index is 12.9. The van der Waals surface area contributed by atoms with Crippen LogP contribution in [0.3, 0.4) is 0 Å². The molecule has 3 rings (SSSR count). The predicted octanol–water partition coefficient (Wildman–Crippen LogP) is 1.03. The van der Waals surface area contributed by atoms with Crippen molar-refractivity contribution in [3.63, 3.8) is 0 Å². The molecule has 26 heavy (non-hydrogen) atoms. The number of hydrogen-bond donors (Lipinski definition) is 1. The van der Waals surface area contributed by atoms with Crippen LogP contribution in [0.1, 0.15) is 40.0 Å². The van der Waals surface area contributed by atoms with Gasteiger partial charge in [0, 0.05) is 18.7 Å². The van der Waals surface area contributed by atoms with E-state index in [1.54, 1.807) is 18.2 Å². The van der Waals surface area contributed by atoms with Crippen molar-refractivity contribution in [2.24, 2.45) is 0 Å². The van der Waals surface area contributed by atoms with Crippen molar-refractivity contribution in [1.29, 1.82) is 0 Å². The van der Waals surface area contributed by atoms with Crippen LogP contribution in [0.15, 0.2) is 18.2 Å². The topological polar surface area (TPSA) is 92.8 Å². The number of nitrogens with zero attached hydrogens (tertiary/aromatic N) is 1. The molecule has 0 radical (unpaired) electrons. The zero-order chi connectivity index (χ0) is 18.7. The molecule has 1 heterocycles. The van der Waals surface area contributed by atoms with E-state index in [0.29, 0.717) is 18.8 Å². The van der Waals surface area contributed by atoms with Crippen molar-refractivity contribution < 1.29 is 23.9 Å². The van der Waals surface area contributed by atoms with Crippen molar-refractivity contribution >= 4 is 29.1 Å². The van der Waals surface area contributed by atoms with Crippen molar-refractivity contribution in [1.82, 2.24) is 4.90 Å². The van der Waals surface area contributed by atoms with Gasteiger partial charge in [-0.1, -0.05) is 12.0 Å². The molecule has 7 nitrogen and oxygen atoms in total. The van der Waals surface area contributed by atoms with Crippen LogP contribution in [0.2, 0.25) is 0 Å². The van der Waals surface area contributed by atoms with Gasteiger partial charge in [0.2, 0.25) is 0 Å². The van der Waals surface area contributed by atoms with Gasteiger partial charge in [0.05, 0.1) is 30.2 Å². The van der Waals surface area contributed by atoms with Gasteiger partial charge in [-0.25, -0.2) is 0 Å². The number of rotatable bonds is 6. The molecule has 1 unspecified atom stereocenters. The minimum absolute atomic E-state index is 0.155. The number of imide groups is 1. The summed E-state index contributed by atoms with van der Waals surface area (Å²) in [4.78, 5) is 50.1. The zero-order valence-corrected chi connectivity index (χ0v) is 14.1. The summed E-state index contributed by atoms with van der Waals surface area (Å²) in [5.74, 6) is 0.818. The minimum atomic E-state index is -0.869. The van der Waals surface area contributed by atoms with Crippen LogP contribution in [-0.2, 0) is 14.3 Å². The normalized spacial score (nSPS) is 19.5. The quantitative estimate of drug-likeness (QED) is 0.355. The van der Waals surface area contributed by atoms with Crippen molar-refractivity contribution in [3.05, 3.63) is 29.3 Å². The molecular formula is C19H18N2O5. The van der Waals surface area contributed by atoms with Crippen molar-refractivity contribution in [2.45, 2.75) is 25.3 Å². The van der Waals surface area contributed by atoms with Crippen LogP contribution in [-0.4, -0.2) is 54.1 Å². The van der Waals surface area contributed by atoms with E-state index >= 15 is 0 Å². The Kier molecular flexibility index (Phi) is 5.14. The van der Waals surface area contributed by atoms with Crippen LogP contribution in [0.25, 0.3) is 0 Å². The molecule has 7 heteroatoms. The summed E-state index contributed by atoms with van der Waals surface area (Å²) < 4.78 is 5.17. The maximum atomic E-state index is 12.9. The van der Waals surface area contributed by atoms with Gasteiger partial charge in [0.25, 0.3) is 11.8 Å². The molecule has 1 aromatic carbocycles. The Balaban J connectivity index is 1.79. The van der Waals surface area contributed by atoms with Gasteiger partial charge in [-0.2, -0.15) is 0 Å². The highest BCUT2D eigenvalue weighted by Gasteiger charge is 2.45. The van der Waals surface area contributed by atoms with Crippen LogP contribution < -0.4 is 5.32 Å². The van der Waals surface area contributed by atoms with E-state index in [1.807, 2.05) is 0 Å². The molecule has 0 bridgehead atoms. The summed E-state index contributed by atoms with van der Waals surface area (Å²) in [6, 6.07) is 4.06. The van der Waals surface area contributed by atoms with E-state index in [-0.39, 0.29) is 48.6 Å². The summed E-state index contributed by atoms with van der Waals surface area (Å²) in [6.07, 6.45) is 5.26. The summed E-state index contributed by atoms with van der Waals surface area (Å²) >= 11 is 0. The van der Waals surface area contributed by atoms with E-state index in [9.17, 15) is 19.2 Å². The minimum Gasteiger partial charge on any atom is -0.382 e. The lowest BCUT2D eigenvalue weighted by molar-refractivity contribution is -0.132. The number of carbonyl (C=O) groups is 4. The maximum Gasteiger partial charge on any atom is 0.264 e. The number of nitrogens with one attached hydrogen (secondary N) is 1. The van der Waals surface area contributed by atoms with E-state index in [1.165, 1.54) is 0 Å². The van der Waals surface area contributed by atoms with E-state index < -0.39 is 17.9 Å². The highest BCUT2D eigenvalue weighted by molar-refractivity contribution is 6.25. The summed E-state index contributed by atoms with van der Waals surface area (Å²) in [6.45, 7) is 0.960. The molecule has 0 aromatic heterocycles. The Labute approximate surface area is 150 Å². The Hall–Kier alpha value is -2.98. The lowest BCUT2D eigenvalue weighted by atomic mass is 9.92. The highest BCUT2D eigenvalue weighted by Crippen LogP contribution is 2.33. The molecule has 2 amide bonds. The van der Waals surface area contributed by atoms with Gasteiger partial charge in [-0.15, -0.1) is 6.42 Å². The molecule has 1 fully saturated rings. The van der Waals surface area contributed by atoms with Crippen LogP contribution in [0, 0.1) is 12.3 Å². The number of ketones is 2. The first-order chi connectivity index (χ1) is 12.5. The Bertz CT molecular complexity index is 824. The van der Waals surface area contributed by atoms with Crippen LogP contribution in [0.4, 0.5) is 5.69 Å². The molecule has 0 saturated heterocycles. The van der Waals surface area contributed by atoms with Crippen molar-refractivity contribution in [2.75, 3.05) is 25.1 Å². The molecule has 1 aliphatic heterocycles. The number of carbonyl (C=O) groups excluding carboxylic acids is 4. The molecule has 1 saturated carbocycles. The predicted molar refractivity (Wildman–Crippen MR) is 92.7 cm³/mol. The third-order valence-electron chi connectivity index (χ3n) is 4.44. The average molecular weight is 354 g/mol. The number of amides is 2. The second-order valence-corrected chi connectivity index (χ2v) is 6.13. The number of ether oxygens (including phenoxy) is 1. The molecule has 134 valence electrons. The third-order valence-corrected chi connectivity index (χ3v) is 4.44. The fourth-order valence-corrected chi connectivity index (χ4v) is 3.26.